The van der Waals surface area contributed by atoms with Crippen LogP contribution in [0.4, 0.5) is 9.59 Å². The number of rotatable bonds is 7. The van der Waals surface area contributed by atoms with Crippen molar-refractivity contribution in [3.63, 3.8) is 0 Å². The molecule has 2 bridgehead atoms. The van der Waals surface area contributed by atoms with Crippen molar-refractivity contribution >= 4 is 24.2 Å². The van der Waals surface area contributed by atoms with Crippen molar-refractivity contribution < 1.29 is 62.2 Å². The number of fused-ring (bicyclic) bond motifs is 4. The maximum atomic E-state index is 14.2. The van der Waals surface area contributed by atoms with E-state index in [1.165, 1.54) is 0 Å². The van der Waals surface area contributed by atoms with Crippen LogP contribution >= 0.6 is 0 Å². The summed E-state index contributed by atoms with van der Waals surface area (Å²) in [6.45, 7) is 14.0. The Morgan fingerprint density at radius 3 is 2.28 bits per heavy atom. The molecule has 1 aromatic rings. The molecule has 5 rings (SSSR count). The standard InChI is InChI=1S/C38H56N2O13/c1-11-26-38(8)32(51-36(45)53-38)21(4)29-19(2)18-37(7,52-35(44)49-29)31(50-34-28(42)25(40(9)10)16-20(3)46-34)22(5)30(23(6)33(43)47-26)48-27(41)17-24-12-14-39-15-13-24/h12-15,19-23,25-26,28-32,34,42H,11,16-18H2,1-10H3/t19-,20-,21+,22+,23-,25+,26-,28-,29+,30+,31-,32-,34?,37-,38-/m1/s1. The van der Waals surface area contributed by atoms with Gasteiger partial charge in [-0.05, 0) is 84.7 Å². The molecular weight excluding hydrogens is 692 g/mol. The van der Waals surface area contributed by atoms with Gasteiger partial charge in [-0.3, -0.25) is 14.6 Å². The fourth-order valence-corrected chi connectivity index (χ4v) is 8.88. The largest absolute Gasteiger partial charge is 0.509 e. The monoisotopic (exact) mass is 748 g/mol. The molecule has 53 heavy (non-hydrogen) atoms. The van der Waals surface area contributed by atoms with Gasteiger partial charge < -0.3 is 47.9 Å². The predicted molar refractivity (Wildman–Crippen MR) is 186 cm³/mol. The summed E-state index contributed by atoms with van der Waals surface area (Å²) in [7, 11) is 3.71. The van der Waals surface area contributed by atoms with E-state index in [-0.39, 0.29) is 31.4 Å². The summed E-state index contributed by atoms with van der Waals surface area (Å²) in [5.74, 6) is -4.37. The number of nitrogens with zero attached hydrogens (tertiary/aromatic N) is 2. The Balaban J connectivity index is 1.63. The average Bonchev–Trinajstić information content (AvgIpc) is 3.34. The molecule has 1 N–H and O–H groups in total. The van der Waals surface area contributed by atoms with Gasteiger partial charge in [0, 0.05) is 30.3 Å². The Hall–Kier alpha value is -3.53. The number of pyridine rings is 1. The minimum atomic E-state index is -1.48. The van der Waals surface area contributed by atoms with E-state index >= 15 is 0 Å². The normalized spacial score (nSPS) is 42.2. The van der Waals surface area contributed by atoms with Crippen molar-refractivity contribution in [3.8, 4) is 0 Å². The second-order valence-electron chi connectivity index (χ2n) is 16.0. The molecule has 296 valence electrons. The van der Waals surface area contributed by atoms with Gasteiger partial charge in [0.25, 0.3) is 0 Å². The molecule has 4 saturated heterocycles. The van der Waals surface area contributed by atoms with E-state index < -0.39 is 102 Å². The van der Waals surface area contributed by atoms with E-state index in [1.54, 1.807) is 66.1 Å². The highest BCUT2D eigenvalue weighted by Crippen LogP contribution is 2.46. The second-order valence-corrected chi connectivity index (χ2v) is 16.0. The SMILES string of the molecule is CC[C@H]1OC(=O)[C@H](C)[C@@H](OC(=O)Cc2ccncc2)[C@H](C)[C@@H](OC2O[C@H](C)C[C@H](N(C)C)[C@H]2O)[C@@]2(C)C[C@@H](C)[C@H](OC(=O)O2)[C@H](C)[C@H]2OC(=O)O[C@@]21C. The van der Waals surface area contributed by atoms with Gasteiger partial charge in [-0.2, -0.15) is 0 Å². The molecule has 4 aliphatic heterocycles. The van der Waals surface area contributed by atoms with Crippen LogP contribution in [0.5, 0.6) is 0 Å². The summed E-state index contributed by atoms with van der Waals surface area (Å²) in [4.78, 5) is 60.3. The zero-order valence-corrected chi connectivity index (χ0v) is 32.4. The van der Waals surface area contributed by atoms with Crippen LogP contribution in [0, 0.1) is 23.7 Å². The number of aliphatic hydroxyl groups excluding tert-OH is 1. The van der Waals surface area contributed by atoms with Crippen molar-refractivity contribution in [1.82, 2.24) is 9.88 Å². The van der Waals surface area contributed by atoms with Crippen LogP contribution in [0.3, 0.4) is 0 Å². The number of aromatic nitrogens is 1. The highest BCUT2D eigenvalue weighted by atomic mass is 16.8. The fourth-order valence-electron chi connectivity index (χ4n) is 8.88. The lowest BCUT2D eigenvalue weighted by Gasteiger charge is -2.47. The highest BCUT2D eigenvalue weighted by Gasteiger charge is 2.61. The number of hydrogen-bond donors (Lipinski definition) is 1. The predicted octanol–water partition coefficient (Wildman–Crippen LogP) is 4.21. The summed E-state index contributed by atoms with van der Waals surface area (Å²) in [5.41, 5.74) is -2.29. The van der Waals surface area contributed by atoms with Gasteiger partial charge in [-0.15, -0.1) is 0 Å². The second kappa shape index (κ2) is 16.1. The molecule has 0 radical (unpaired) electrons. The van der Waals surface area contributed by atoms with Crippen molar-refractivity contribution in [1.29, 1.82) is 0 Å². The quantitative estimate of drug-likeness (QED) is 0.310. The minimum absolute atomic E-state index is 0.118. The third-order valence-electron chi connectivity index (χ3n) is 11.6. The van der Waals surface area contributed by atoms with Crippen molar-refractivity contribution in [2.75, 3.05) is 14.1 Å². The highest BCUT2D eigenvalue weighted by molar-refractivity contribution is 5.76. The van der Waals surface area contributed by atoms with Crippen LogP contribution in [0.25, 0.3) is 0 Å². The zero-order chi connectivity index (χ0) is 39.0. The number of ether oxygens (including phenoxy) is 8. The molecule has 0 aromatic carbocycles. The van der Waals surface area contributed by atoms with Crippen LogP contribution in [0.1, 0.15) is 80.2 Å². The molecule has 0 spiro atoms. The summed E-state index contributed by atoms with van der Waals surface area (Å²) < 4.78 is 48.9. The Morgan fingerprint density at radius 1 is 0.981 bits per heavy atom. The Labute approximate surface area is 311 Å². The molecule has 0 amide bonds. The van der Waals surface area contributed by atoms with Gasteiger partial charge >= 0.3 is 24.2 Å². The topological polar surface area (TPSA) is 178 Å². The van der Waals surface area contributed by atoms with Gasteiger partial charge in [0.1, 0.15) is 36.1 Å². The molecular formula is C38H56N2O13. The van der Waals surface area contributed by atoms with Gasteiger partial charge in [-0.25, -0.2) is 9.59 Å². The van der Waals surface area contributed by atoms with Gasteiger partial charge in [0.15, 0.2) is 18.0 Å². The number of aliphatic hydroxyl groups is 1. The molecule has 1 aromatic heterocycles. The van der Waals surface area contributed by atoms with E-state index in [0.29, 0.717) is 12.0 Å². The number of esters is 2. The third kappa shape index (κ3) is 8.42. The number of carbonyl (C=O) groups excluding carboxylic acids is 4. The third-order valence-corrected chi connectivity index (χ3v) is 11.6. The molecule has 4 aliphatic rings. The van der Waals surface area contributed by atoms with Gasteiger partial charge in [-0.1, -0.05) is 27.7 Å². The summed E-state index contributed by atoms with van der Waals surface area (Å²) in [6.07, 6.45) is -5.70. The maximum absolute atomic E-state index is 14.2. The molecule has 5 heterocycles. The van der Waals surface area contributed by atoms with Crippen LogP contribution < -0.4 is 0 Å². The molecule has 1 unspecified atom stereocenters. The molecule has 0 saturated carbocycles. The van der Waals surface area contributed by atoms with E-state index in [1.807, 2.05) is 32.8 Å². The Morgan fingerprint density at radius 2 is 1.64 bits per heavy atom. The first kappa shape index (κ1) is 40.7. The molecule has 4 fully saturated rings. The first-order valence-corrected chi connectivity index (χ1v) is 18.6. The van der Waals surface area contributed by atoms with Crippen LogP contribution in [-0.4, -0.2) is 120 Å². The summed E-state index contributed by atoms with van der Waals surface area (Å²) in [6, 6.07) is 3.05. The van der Waals surface area contributed by atoms with Crippen LogP contribution in [0.15, 0.2) is 24.5 Å². The van der Waals surface area contributed by atoms with Crippen molar-refractivity contribution in [2.45, 2.75) is 147 Å². The molecule has 15 nitrogen and oxygen atoms in total. The number of likely N-dealkylation sites (N-methyl/N-ethyl adjacent to an activating group) is 1. The van der Waals surface area contributed by atoms with E-state index in [4.69, 9.17) is 37.9 Å². The first-order chi connectivity index (χ1) is 24.9. The zero-order valence-electron chi connectivity index (χ0n) is 32.4. The lowest BCUT2D eigenvalue weighted by molar-refractivity contribution is -0.298. The lowest BCUT2D eigenvalue weighted by atomic mass is 9.73. The van der Waals surface area contributed by atoms with Gasteiger partial charge in [0.05, 0.1) is 18.4 Å². The van der Waals surface area contributed by atoms with E-state index in [0.717, 1.165) is 0 Å². The van der Waals surface area contributed by atoms with Crippen LogP contribution in [-0.2, 0) is 53.9 Å². The lowest BCUT2D eigenvalue weighted by Crippen LogP contribution is -2.60. The van der Waals surface area contributed by atoms with Crippen molar-refractivity contribution in [3.05, 3.63) is 30.1 Å². The molecule has 15 heteroatoms. The van der Waals surface area contributed by atoms with Gasteiger partial charge in [0.2, 0.25) is 0 Å². The van der Waals surface area contributed by atoms with E-state index in [2.05, 4.69) is 4.98 Å². The maximum Gasteiger partial charge on any atom is 0.509 e. The summed E-state index contributed by atoms with van der Waals surface area (Å²) >= 11 is 0. The van der Waals surface area contributed by atoms with Crippen LogP contribution in [0.2, 0.25) is 0 Å². The summed E-state index contributed by atoms with van der Waals surface area (Å²) in [5, 5.41) is 11.6. The number of carbonyl (C=O) groups is 4. The minimum Gasteiger partial charge on any atom is -0.461 e. The fraction of sp³-hybridized carbons (Fsp3) is 0.763. The average molecular weight is 749 g/mol. The number of hydrogen-bond acceptors (Lipinski definition) is 15. The Bertz CT molecular complexity index is 1480. The molecule has 15 atom stereocenters. The first-order valence-electron chi connectivity index (χ1n) is 18.6. The van der Waals surface area contributed by atoms with E-state index in [9.17, 15) is 24.3 Å². The smallest absolute Gasteiger partial charge is 0.461 e. The molecule has 0 aliphatic carbocycles. The Kier molecular flexibility index (Phi) is 12.3. The number of cyclic esters (lactones) is 1. The van der Waals surface area contributed by atoms with Crippen molar-refractivity contribution in [2.24, 2.45) is 23.7 Å².